The smallest absolute Gasteiger partial charge is 0.239 e. The maximum Gasteiger partial charge on any atom is 0.239 e. The van der Waals surface area contributed by atoms with Crippen LogP contribution in [-0.4, -0.2) is 17.9 Å². The summed E-state index contributed by atoms with van der Waals surface area (Å²) in [5, 5.41) is 2.56. The molecule has 1 atom stereocenters. The van der Waals surface area contributed by atoms with Crippen molar-refractivity contribution in [2.45, 2.75) is 51.0 Å². The molecule has 0 spiro atoms. The molecule has 0 saturated carbocycles. The van der Waals surface area contributed by atoms with Crippen LogP contribution in [0.2, 0.25) is 0 Å². The molecule has 0 bridgehead atoms. The van der Waals surface area contributed by atoms with Gasteiger partial charge in [0.2, 0.25) is 11.8 Å². The van der Waals surface area contributed by atoms with Crippen molar-refractivity contribution in [3.05, 3.63) is 48.1 Å². The second-order valence-electron chi connectivity index (χ2n) is 5.73. The molecule has 0 aliphatic rings. The molecule has 132 valence electrons. The number of hydrogen-bond acceptors (Lipinski definition) is 2. The first kappa shape index (κ1) is 19.8. The van der Waals surface area contributed by atoms with Crippen LogP contribution in [0.5, 0.6) is 0 Å². The summed E-state index contributed by atoms with van der Waals surface area (Å²) in [6.45, 7) is 3.65. The normalized spacial score (nSPS) is 11.8. The highest BCUT2D eigenvalue weighted by molar-refractivity contribution is 5.87. The van der Waals surface area contributed by atoms with Gasteiger partial charge in [-0.2, -0.15) is 0 Å². The summed E-state index contributed by atoms with van der Waals surface area (Å²) >= 11 is 0. The van der Waals surface area contributed by atoms with Crippen molar-refractivity contribution in [3.8, 4) is 0 Å². The lowest BCUT2D eigenvalue weighted by molar-refractivity contribution is -0.127. The summed E-state index contributed by atoms with van der Waals surface area (Å²) in [5.41, 5.74) is 5.64. The number of nitrogens with one attached hydrogen (secondary N) is 1. The quantitative estimate of drug-likeness (QED) is 0.481. The highest BCUT2D eigenvalue weighted by atomic mass is 19.2. The molecule has 24 heavy (non-hydrogen) atoms. The Kier molecular flexibility index (Phi) is 8.68. The third-order valence-electron chi connectivity index (χ3n) is 3.68. The zero-order valence-corrected chi connectivity index (χ0v) is 13.7. The lowest BCUT2D eigenvalue weighted by atomic mass is 10.0. The summed E-state index contributed by atoms with van der Waals surface area (Å²) in [4.78, 5) is 23.4. The van der Waals surface area contributed by atoms with E-state index in [-0.39, 0.29) is 6.42 Å². The fraction of sp³-hybridized carbons (Fsp3) is 0.444. The van der Waals surface area contributed by atoms with Gasteiger partial charge < -0.3 is 11.1 Å². The molecule has 1 rings (SSSR count). The predicted octanol–water partition coefficient (Wildman–Crippen LogP) is 3.00. The lowest BCUT2D eigenvalue weighted by Gasteiger charge is -2.15. The van der Waals surface area contributed by atoms with Gasteiger partial charge in [0.1, 0.15) is 6.04 Å². The van der Waals surface area contributed by atoms with Gasteiger partial charge in [0.15, 0.2) is 11.6 Å². The summed E-state index contributed by atoms with van der Waals surface area (Å²) < 4.78 is 26.0. The number of allylic oxidation sites excluding steroid dienone is 1. The van der Waals surface area contributed by atoms with E-state index in [4.69, 9.17) is 5.73 Å². The van der Waals surface area contributed by atoms with Gasteiger partial charge in [-0.3, -0.25) is 9.59 Å². The molecule has 6 heteroatoms. The van der Waals surface area contributed by atoms with E-state index in [0.29, 0.717) is 12.0 Å². The second kappa shape index (κ2) is 10.5. The summed E-state index contributed by atoms with van der Waals surface area (Å²) in [6, 6.07) is 2.51. The van der Waals surface area contributed by atoms with Crippen molar-refractivity contribution in [1.29, 1.82) is 0 Å². The lowest BCUT2D eigenvalue weighted by Crippen LogP contribution is -2.45. The van der Waals surface area contributed by atoms with Gasteiger partial charge >= 0.3 is 0 Å². The minimum Gasteiger partial charge on any atom is -0.368 e. The Morgan fingerprint density at radius 2 is 1.88 bits per heavy atom. The largest absolute Gasteiger partial charge is 0.368 e. The molecule has 1 aromatic rings. The number of benzene rings is 1. The summed E-state index contributed by atoms with van der Waals surface area (Å²) in [5.74, 6) is -3.02. The van der Waals surface area contributed by atoms with E-state index < -0.39 is 29.5 Å². The first-order chi connectivity index (χ1) is 11.4. The Balaban J connectivity index is 2.43. The first-order valence-corrected chi connectivity index (χ1v) is 8.07. The van der Waals surface area contributed by atoms with E-state index in [9.17, 15) is 18.4 Å². The van der Waals surface area contributed by atoms with Crippen LogP contribution < -0.4 is 11.1 Å². The highest BCUT2D eigenvalue weighted by Crippen LogP contribution is 2.10. The van der Waals surface area contributed by atoms with Gasteiger partial charge in [-0.25, -0.2) is 8.78 Å². The molecule has 0 saturated heterocycles. The molecule has 2 amide bonds. The standard InChI is InChI=1S/C18H24F2N2O2/c1-2-3-4-5-6-7-8-16(18(21)24)22-17(23)12-13-9-10-14(19)15(20)11-13/h2,9-11,16H,1,3-8,12H2,(H2,21,24)(H,22,23)/t16-/m1/s1. The average molecular weight is 338 g/mol. The van der Waals surface area contributed by atoms with Gasteiger partial charge in [0.05, 0.1) is 6.42 Å². The third-order valence-corrected chi connectivity index (χ3v) is 3.68. The number of amides is 2. The molecular formula is C18H24F2N2O2. The number of carbonyl (C=O) groups is 2. The molecule has 0 radical (unpaired) electrons. The van der Waals surface area contributed by atoms with Crippen LogP contribution in [0.1, 0.15) is 44.1 Å². The van der Waals surface area contributed by atoms with Gasteiger partial charge in [-0.15, -0.1) is 6.58 Å². The fourth-order valence-corrected chi connectivity index (χ4v) is 2.36. The fourth-order valence-electron chi connectivity index (χ4n) is 2.36. The highest BCUT2D eigenvalue weighted by Gasteiger charge is 2.18. The Hall–Kier alpha value is -2.24. The molecule has 0 heterocycles. The van der Waals surface area contributed by atoms with Crippen molar-refractivity contribution in [1.82, 2.24) is 5.32 Å². The van der Waals surface area contributed by atoms with Crippen LogP contribution in [0, 0.1) is 11.6 Å². The number of unbranched alkanes of at least 4 members (excludes halogenated alkanes) is 4. The molecule has 0 unspecified atom stereocenters. The van der Waals surface area contributed by atoms with E-state index >= 15 is 0 Å². The van der Waals surface area contributed by atoms with Gasteiger partial charge in [0, 0.05) is 0 Å². The number of halogens is 2. The van der Waals surface area contributed by atoms with Gasteiger partial charge in [-0.1, -0.05) is 31.4 Å². The number of nitrogens with two attached hydrogens (primary N) is 1. The summed E-state index contributed by atoms with van der Waals surface area (Å²) in [7, 11) is 0. The van der Waals surface area contributed by atoms with Gasteiger partial charge in [0.25, 0.3) is 0 Å². The molecular weight excluding hydrogens is 314 g/mol. The van der Waals surface area contributed by atoms with Crippen LogP contribution in [0.25, 0.3) is 0 Å². The van der Waals surface area contributed by atoms with Crippen LogP contribution in [0.3, 0.4) is 0 Å². The minimum absolute atomic E-state index is 0.139. The molecule has 0 aliphatic carbocycles. The van der Waals surface area contributed by atoms with Crippen LogP contribution in [0.15, 0.2) is 30.9 Å². The predicted molar refractivity (Wildman–Crippen MR) is 89.1 cm³/mol. The van der Waals surface area contributed by atoms with Crippen molar-refractivity contribution in [2.24, 2.45) is 5.73 Å². The Bertz CT molecular complexity index is 576. The first-order valence-electron chi connectivity index (χ1n) is 8.07. The maximum absolute atomic E-state index is 13.1. The Morgan fingerprint density at radius 3 is 2.50 bits per heavy atom. The van der Waals surface area contributed by atoms with E-state index in [0.717, 1.165) is 44.2 Å². The van der Waals surface area contributed by atoms with Crippen molar-refractivity contribution >= 4 is 11.8 Å². The van der Waals surface area contributed by atoms with Gasteiger partial charge in [-0.05, 0) is 37.0 Å². The van der Waals surface area contributed by atoms with Crippen LogP contribution in [0.4, 0.5) is 8.78 Å². The monoisotopic (exact) mass is 338 g/mol. The number of primary amides is 1. The van der Waals surface area contributed by atoms with Crippen molar-refractivity contribution < 1.29 is 18.4 Å². The topological polar surface area (TPSA) is 72.2 Å². The minimum atomic E-state index is -1.01. The average Bonchev–Trinajstić information content (AvgIpc) is 2.53. The van der Waals surface area contributed by atoms with Crippen LogP contribution >= 0.6 is 0 Å². The zero-order chi connectivity index (χ0) is 17.9. The zero-order valence-electron chi connectivity index (χ0n) is 13.7. The molecule has 0 aromatic heterocycles. The van der Waals surface area contributed by atoms with E-state index in [1.165, 1.54) is 6.07 Å². The Labute approximate surface area is 141 Å². The molecule has 3 N–H and O–H groups in total. The summed E-state index contributed by atoms with van der Waals surface area (Å²) in [6.07, 6.45) is 6.95. The molecule has 1 aromatic carbocycles. The number of rotatable bonds is 11. The SMILES string of the molecule is C=CCCCCCC[C@@H](NC(=O)Cc1ccc(F)c(F)c1)C(N)=O. The van der Waals surface area contributed by atoms with Crippen LogP contribution in [-0.2, 0) is 16.0 Å². The van der Waals surface area contributed by atoms with Crippen molar-refractivity contribution in [3.63, 3.8) is 0 Å². The second-order valence-corrected chi connectivity index (χ2v) is 5.73. The molecule has 0 aliphatic heterocycles. The Morgan fingerprint density at radius 1 is 1.17 bits per heavy atom. The van der Waals surface area contributed by atoms with Crippen molar-refractivity contribution in [2.75, 3.05) is 0 Å². The molecule has 4 nitrogen and oxygen atoms in total. The third kappa shape index (κ3) is 7.35. The molecule has 0 fully saturated rings. The number of carbonyl (C=O) groups excluding carboxylic acids is 2. The van der Waals surface area contributed by atoms with E-state index in [1.807, 2.05) is 6.08 Å². The number of hydrogen-bond donors (Lipinski definition) is 2. The maximum atomic E-state index is 13.1. The van der Waals surface area contributed by atoms with E-state index in [2.05, 4.69) is 11.9 Å². The van der Waals surface area contributed by atoms with E-state index in [1.54, 1.807) is 0 Å².